The van der Waals surface area contributed by atoms with Crippen LogP contribution in [0.5, 0.6) is 0 Å². The second-order valence-electron chi connectivity index (χ2n) is 10.7. The van der Waals surface area contributed by atoms with Gasteiger partial charge in [-0.1, -0.05) is 43.0 Å². The Labute approximate surface area is 236 Å². The molecule has 3 atom stereocenters. The first-order valence-electron chi connectivity index (χ1n) is 13.3. The normalized spacial score (nSPS) is 20.9. The molecule has 1 heterocycles. The number of alkyl halides is 3. The fourth-order valence-electron chi connectivity index (χ4n) is 6.46. The zero-order valence-corrected chi connectivity index (χ0v) is 22.7. The molecule has 1 saturated carbocycles. The van der Waals surface area contributed by atoms with Crippen molar-refractivity contribution in [2.45, 2.75) is 50.6 Å². The standard InChI is InChI=1S/C31H30ClF3N2O3/c1-37(26-10-6-5-9-21(26)18-27(37)19-11-14-23(32)15-12-19)28(20-7-3-2-4-8-20)29(38)36-25-16-13-22(30(39)40)17-24(25)31(33,34)35/h5-6,9-18,20,28-29,36,38H,2-4,7-8H2,1H3/p+1. The highest BCUT2D eigenvalue weighted by Crippen LogP contribution is 2.49. The molecule has 3 aromatic carbocycles. The second kappa shape index (κ2) is 10.9. The van der Waals surface area contributed by atoms with Gasteiger partial charge in [0.25, 0.3) is 0 Å². The number of fused-ring (bicyclic) bond motifs is 1. The van der Waals surface area contributed by atoms with E-state index < -0.39 is 35.5 Å². The second-order valence-corrected chi connectivity index (χ2v) is 11.1. The van der Waals surface area contributed by atoms with E-state index in [4.69, 9.17) is 11.6 Å². The predicted molar refractivity (Wildman–Crippen MR) is 152 cm³/mol. The van der Waals surface area contributed by atoms with Crippen LogP contribution in [-0.2, 0) is 6.18 Å². The number of anilines is 1. The summed E-state index contributed by atoms with van der Waals surface area (Å²) < 4.78 is 42.3. The highest BCUT2D eigenvalue weighted by atomic mass is 35.5. The Balaban J connectivity index is 1.63. The average molecular weight is 572 g/mol. The van der Waals surface area contributed by atoms with Crippen molar-refractivity contribution in [2.75, 3.05) is 12.4 Å². The molecule has 0 aromatic heterocycles. The van der Waals surface area contributed by atoms with Crippen LogP contribution < -0.4 is 9.80 Å². The number of carboxylic acid groups (broad SMARTS) is 1. The molecule has 9 heteroatoms. The first kappa shape index (κ1) is 28.2. The van der Waals surface area contributed by atoms with Crippen LogP contribution in [0.15, 0.2) is 66.7 Å². The molecule has 1 fully saturated rings. The van der Waals surface area contributed by atoms with Crippen LogP contribution in [0.2, 0.25) is 5.02 Å². The molecule has 210 valence electrons. The Bertz CT molecular complexity index is 1430. The molecule has 0 saturated heterocycles. The van der Waals surface area contributed by atoms with Crippen molar-refractivity contribution in [1.82, 2.24) is 4.48 Å². The lowest BCUT2D eigenvalue weighted by Gasteiger charge is -2.46. The van der Waals surface area contributed by atoms with Gasteiger partial charge in [0, 0.05) is 39.9 Å². The van der Waals surface area contributed by atoms with Gasteiger partial charge in [-0.25, -0.2) is 4.79 Å². The number of benzene rings is 3. The van der Waals surface area contributed by atoms with Gasteiger partial charge >= 0.3 is 12.1 Å². The van der Waals surface area contributed by atoms with E-state index in [-0.39, 0.29) is 16.1 Å². The first-order chi connectivity index (χ1) is 19.0. The molecular formula is C31H31ClF3N2O3+. The Morgan fingerprint density at radius 2 is 1.70 bits per heavy atom. The summed E-state index contributed by atoms with van der Waals surface area (Å²) in [7, 11) is 2.01. The quantitative estimate of drug-likeness (QED) is 0.199. The first-order valence-corrected chi connectivity index (χ1v) is 13.7. The molecule has 3 aromatic rings. The average Bonchev–Trinajstić information content (AvgIpc) is 3.22. The molecule has 1 aliphatic heterocycles. The van der Waals surface area contributed by atoms with E-state index in [9.17, 15) is 28.2 Å². The SMILES string of the molecule is C[N+]1(C(C2CCCCC2)C(O)Nc2ccc(C(=O)O)cc2C(F)(F)F)C(c2ccc(Cl)cc2)=Cc2ccccc21. The third-order valence-corrected chi connectivity index (χ3v) is 8.55. The topological polar surface area (TPSA) is 69.6 Å². The Hall–Kier alpha value is -3.33. The molecule has 0 radical (unpaired) electrons. The van der Waals surface area contributed by atoms with Crippen LogP contribution >= 0.6 is 11.6 Å². The number of aliphatic hydroxyl groups is 1. The minimum Gasteiger partial charge on any atom is -0.478 e. The number of halogens is 4. The highest BCUT2D eigenvalue weighted by molar-refractivity contribution is 6.30. The van der Waals surface area contributed by atoms with E-state index in [1.54, 1.807) is 12.1 Å². The number of nitrogens with one attached hydrogen (secondary N) is 1. The third-order valence-electron chi connectivity index (χ3n) is 8.30. The molecular weight excluding hydrogens is 541 g/mol. The van der Waals surface area contributed by atoms with Gasteiger partial charge in [0.15, 0.2) is 6.23 Å². The number of hydrogen-bond acceptors (Lipinski definition) is 3. The number of carboxylic acids is 1. The molecule has 40 heavy (non-hydrogen) atoms. The predicted octanol–water partition coefficient (Wildman–Crippen LogP) is 7.89. The number of carbonyl (C=O) groups is 1. The van der Waals surface area contributed by atoms with Crippen LogP contribution in [0.4, 0.5) is 24.5 Å². The highest BCUT2D eigenvalue weighted by Gasteiger charge is 2.52. The van der Waals surface area contributed by atoms with Crippen LogP contribution in [0.3, 0.4) is 0 Å². The van der Waals surface area contributed by atoms with Crippen molar-refractivity contribution in [3.05, 3.63) is 94.0 Å². The lowest BCUT2D eigenvalue weighted by atomic mass is 9.80. The van der Waals surface area contributed by atoms with Gasteiger partial charge in [0.2, 0.25) is 0 Å². The maximum atomic E-state index is 14.0. The smallest absolute Gasteiger partial charge is 0.418 e. The third kappa shape index (κ3) is 5.23. The Kier molecular flexibility index (Phi) is 7.70. The Morgan fingerprint density at radius 3 is 2.35 bits per heavy atom. The lowest BCUT2D eigenvalue weighted by molar-refractivity contribution is -0.137. The number of aromatic carboxylic acids is 1. The summed E-state index contributed by atoms with van der Waals surface area (Å²) in [5.74, 6) is -1.45. The minimum atomic E-state index is -4.82. The van der Waals surface area contributed by atoms with Crippen molar-refractivity contribution >= 4 is 40.7 Å². The number of hydrogen-bond donors (Lipinski definition) is 3. The minimum absolute atomic E-state index is 0.00994. The van der Waals surface area contributed by atoms with Crippen molar-refractivity contribution in [2.24, 2.45) is 5.92 Å². The maximum Gasteiger partial charge on any atom is 0.418 e. The molecule has 3 N–H and O–H groups in total. The molecule has 2 aliphatic rings. The molecule has 0 amide bonds. The number of aliphatic hydroxyl groups excluding tert-OH is 1. The van der Waals surface area contributed by atoms with Gasteiger partial charge in [0.05, 0.1) is 18.2 Å². The van der Waals surface area contributed by atoms with Crippen molar-refractivity contribution in [3.63, 3.8) is 0 Å². The summed E-state index contributed by atoms with van der Waals surface area (Å²) in [6.45, 7) is 0. The largest absolute Gasteiger partial charge is 0.478 e. The lowest BCUT2D eigenvalue weighted by Crippen LogP contribution is -2.61. The van der Waals surface area contributed by atoms with Crippen molar-refractivity contribution in [3.8, 4) is 0 Å². The van der Waals surface area contributed by atoms with Gasteiger partial charge in [-0.05, 0) is 61.4 Å². The number of rotatable bonds is 7. The molecule has 1 aliphatic carbocycles. The molecule has 5 nitrogen and oxygen atoms in total. The van der Waals surface area contributed by atoms with Gasteiger partial charge in [-0.2, -0.15) is 13.2 Å². The van der Waals surface area contributed by atoms with Crippen molar-refractivity contribution in [1.29, 1.82) is 0 Å². The fraction of sp³-hybridized carbons (Fsp3) is 0.323. The van der Waals surface area contributed by atoms with E-state index in [0.717, 1.165) is 66.7 Å². The van der Waals surface area contributed by atoms with Crippen LogP contribution in [-0.4, -0.2) is 35.5 Å². The fourth-order valence-corrected chi connectivity index (χ4v) is 6.58. The zero-order valence-electron chi connectivity index (χ0n) is 22.0. The van der Waals surface area contributed by atoms with E-state index in [2.05, 4.69) is 11.4 Å². The zero-order chi connectivity index (χ0) is 28.7. The Morgan fingerprint density at radius 1 is 1.02 bits per heavy atom. The van der Waals surface area contributed by atoms with Crippen LogP contribution in [0.25, 0.3) is 11.8 Å². The van der Waals surface area contributed by atoms with E-state index >= 15 is 0 Å². The molecule has 5 rings (SSSR count). The van der Waals surface area contributed by atoms with E-state index in [0.29, 0.717) is 11.1 Å². The number of likely N-dealkylation sites (N-methyl/N-ethyl adjacent to an activating group) is 1. The summed E-state index contributed by atoms with van der Waals surface area (Å²) in [5.41, 5.74) is 1.76. The number of para-hydroxylation sites is 1. The van der Waals surface area contributed by atoms with E-state index in [1.165, 1.54) is 0 Å². The van der Waals surface area contributed by atoms with Gasteiger partial charge in [-0.15, -0.1) is 0 Å². The number of nitrogens with zero attached hydrogens (tertiary/aromatic N) is 1. The summed E-state index contributed by atoms with van der Waals surface area (Å²) in [6.07, 6.45) is 0.543. The monoisotopic (exact) mass is 571 g/mol. The summed E-state index contributed by atoms with van der Waals surface area (Å²) in [4.78, 5) is 11.4. The summed E-state index contributed by atoms with van der Waals surface area (Å²) in [6, 6.07) is 17.6. The van der Waals surface area contributed by atoms with E-state index in [1.807, 2.05) is 43.4 Å². The van der Waals surface area contributed by atoms with Gasteiger partial charge in [-0.3, -0.25) is 4.48 Å². The van der Waals surface area contributed by atoms with Gasteiger partial charge in [0.1, 0.15) is 17.4 Å². The molecule has 0 bridgehead atoms. The van der Waals surface area contributed by atoms with Crippen LogP contribution in [0, 0.1) is 5.92 Å². The molecule has 0 spiro atoms. The summed E-state index contributed by atoms with van der Waals surface area (Å²) >= 11 is 6.18. The maximum absolute atomic E-state index is 14.0. The molecule has 3 unspecified atom stereocenters. The number of quaternary nitrogens is 1. The van der Waals surface area contributed by atoms with Gasteiger partial charge < -0.3 is 15.5 Å². The van der Waals surface area contributed by atoms with Crippen LogP contribution in [0.1, 0.15) is 59.2 Å². The summed E-state index contributed by atoms with van der Waals surface area (Å²) in [5, 5.41) is 24.5. The van der Waals surface area contributed by atoms with Crippen molar-refractivity contribution < 1.29 is 28.2 Å².